The van der Waals surface area contributed by atoms with Crippen molar-refractivity contribution in [2.75, 3.05) is 30.8 Å². The van der Waals surface area contributed by atoms with Crippen LogP contribution in [0.3, 0.4) is 0 Å². The summed E-state index contributed by atoms with van der Waals surface area (Å²) in [5.74, 6) is 0.934. The zero-order chi connectivity index (χ0) is 22.1. The summed E-state index contributed by atoms with van der Waals surface area (Å²) < 4.78 is 7.18. The lowest BCUT2D eigenvalue weighted by Gasteiger charge is -2.14. The summed E-state index contributed by atoms with van der Waals surface area (Å²) in [4.78, 5) is 12.5. The molecule has 2 aromatic carbocycles. The molecule has 1 aliphatic rings. The van der Waals surface area contributed by atoms with Crippen molar-refractivity contribution in [1.29, 1.82) is 0 Å². The molecule has 1 saturated heterocycles. The second kappa shape index (κ2) is 8.68. The van der Waals surface area contributed by atoms with Crippen LogP contribution in [0.2, 0.25) is 5.02 Å². The summed E-state index contributed by atoms with van der Waals surface area (Å²) in [6.07, 6.45) is 2.92. The molecule has 2 aromatic heterocycles. The van der Waals surface area contributed by atoms with Gasteiger partial charge >= 0.3 is 0 Å². The zero-order valence-corrected chi connectivity index (χ0v) is 18.2. The SMILES string of the molecule is Nc1n[nH]c2cc(-c3ccc(=O)n(Cc4cccc(Cl)c4)c3)cc(NCC3CCOC3)c12. The fourth-order valence-electron chi connectivity index (χ4n) is 4.14. The van der Waals surface area contributed by atoms with E-state index in [0.29, 0.717) is 23.3 Å². The highest BCUT2D eigenvalue weighted by molar-refractivity contribution is 6.30. The molecule has 4 aromatic rings. The summed E-state index contributed by atoms with van der Waals surface area (Å²) >= 11 is 6.11. The average molecular weight is 450 g/mol. The average Bonchev–Trinajstić information content (AvgIpc) is 3.44. The molecule has 1 unspecified atom stereocenters. The first-order chi connectivity index (χ1) is 15.6. The molecule has 1 aliphatic heterocycles. The molecule has 0 bridgehead atoms. The fourth-order valence-corrected chi connectivity index (χ4v) is 4.36. The topological polar surface area (TPSA) is 98.0 Å². The third-order valence-electron chi connectivity index (χ3n) is 5.86. The normalized spacial score (nSPS) is 16.0. The number of nitrogens with one attached hydrogen (secondary N) is 2. The molecule has 4 N–H and O–H groups in total. The van der Waals surface area contributed by atoms with E-state index < -0.39 is 0 Å². The standard InChI is InChI=1S/C24H24ClN5O2/c25-19-3-1-2-15(8-19)12-30-13-17(4-5-22(30)31)18-9-20(27-11-16-6-7-32-14-16)23-21(10-18)28-29-24(23)26/h1-5,8-10,13,16,27H,6-7,11-12,14H2,(H3,26,28,29). The van der Waals surface area contributed by atoms with Gasteiger partial charge in [-0.15, -0.1) is 0 Å². The minimum atomic E-state index is -0.0693. The Labute approximate surface area is 190 Å². The maximum atomic E-state index is 12.5. The number of fused-ring (bicyclic) bond motifs is 1. The number of H-pyrrole nitrogens is 1. The predicted molar refractivity (Wildman–Crippen MR) is 128 cm³/mol. The number of pyridine rings is 1. The molecule has 32 heavy (non-hydrogen) atoms. The highest BCUT2D eigenvalue weighted by atomic mass is 35.5. The second-order valence-corrected chi connectivity index (χ2v) is 8.62. The van der Waals surface area contributed by atoms with Gasteiger partial charge in [-0.3, -0.25) is 9.89 Å². The van der Waals surface area contributed by atoms with E-state index in [0.717, 1.165) is 59.5 Å². The van der Waals surface area contributed by atoms with Crippen LogP contribution in [-0.2, 0) is 11.3 Å². The molecule has 7 nitrogen and oxygen atoms in total. The van der Waals surface area contributed by atoms with Crippen molar-refractivity contribution in [2.24, 2.45) is 5.92 Å². The number of hydrogen-bond acceptors (Lipinski definition) is 5. The van der Waals surface area contributed by atoms with E-state index in [1.54, 1.807) is 10.6 Å². The maximum absolute atomic E-state index is 12.5. The molecule has 1 atom stereocenters. The molecule has 3 heterocycles. The van der Waals surface area contributed by atoms with Gasteiger partial charge in [0.15, 0.2) is 5.82 Å². The Morgan fingerprint density at radius 3 is 2.94 bits per heavy atom. The minimum absolute atomic E-state index is 0.0693. The van der Waals surface area contributed by atoms with Crippen LogP contribution in [0.1, 0.15) is 12.0 Å². The maximum Gasteiger partial charge on any atom is 0.250 e. The number of benzene rings is 2. The molecule has 0 aliphatic carbocycles. The van der Waals surface area contributed by atoms with Crippen LogP contribution in [0.4, 0.5) is 11.5 Å². The number of halogens is 1. The number of hydrogen-bond donors (Lipinski definition) is 3. The quantitative estimate of drug-likeness (QED) is 0.411. The van der Waals surface area contributed by atoms with Gasteiger partial charge in [0.25, 0.3) is 5.56 Å². The van der Waals surface area contributed by atoms with Crippen molar-refractivity contribution in [3.63, 3.8) is 0 Å². The van der Waals surface area contributed by atoms with Crippen LogP contribution in [0, 0.1) is 5.92 Å². The highest BCUT2D eigenvalue weighted by Crippen LogP contribution is 2.33. The van der Waals surface area contributed by atoms with Crippen LogP contribution in [0.15, 0.2) is 59.5 Å². The highest BCUT2D eigenvalue weighted by Gasteiger charge is 2.17. The number of nitrogen functional groups attached to an aromatic ring is 1. The smallest absolute Gasteiger partial charge is 0.250 e. The van der Waals surface area contributed by atoms with Crippen LogP contribution < -0.4 is 16.6 Å². The van der Waals surface area contributed by atoms with Gasteiger partial charge in [0, 0.05) is 42.0 Å². The van der Waals surface area contributed by atoms with Gasteiger partial charge in [0.05, 0.1) is 24.1 Å². The van der Waals surface area contributed by atoms with Crippen LogP contribution >= 0.6 is 11.6 Å². The molecular weight excluding hydrogens is 426 g/mol. The third-order valence-corrected chi connectivity index (χ3v) is 6.09. The van der Waals surface area contributed by atoms with E-state index in [2.05, 4.69) is 21.6 Å². The van der Waals surface area contributed by atoms with Crippen molar-refractivity contribution in [1.82, 2.24) is 14.8 Å². The number of nitrogens with zero attached hydrogens (tertiary/aromatic N) is 2. The Balaban J connectivity index is 1.50. The van der Waals surface area contributed by atoms with Crippen molar-refractivity contribution in [3.05, 3.63) is 75.7 Å². The zero-order valence-electron chi connectivity index (χ0n) is 17.5. The summed E-state index contributed by atoms with van der Waals surface area (Å²) in [6, 6.07) is 15.0. The Kier molecular flexibility index (Phi) is 5.59. The first-order valence-electron chi connectivity index (χ1n) is 10.6. The van der Waals surface area contributed by atoms with Gasteiger partial charge in [0.1, 0.15) is 0 Å². The number of aromatic nitrogens is 3. The molecule has 0 radical (unpaired) electrons. The van der Waals surface area contributed by atoms with Crippen molar-refractivity contribution < 1.29 is 4.74 Å². The molecule has 1 fully saturated rings. The Morgan fingerprint density at radius 1 is 1.22 bits per heavy atom. The third kappa shape index (κ3) is 4.22. The Morgan fingerprint density at radius 2 is 2.12 bits per heavy atom. The van der Waals surface area contributed by atoms with Gasteiger partial charge in [-0.05, 0) is 53.4 Å². The minimum Gasteiger partial charge on any atom is -0.384 e. The number of rotatable bonds is 6. The van der Waals surface area contributed by atoms with Gasteiger partial charge in [-0.25, -0.2) is 0 Å². The predicted octanol–water partition coefficient (Wildman–Crippen LogP) is 4.12. The molecule has 0 spiro atoms. The summed E-state index contributed by atoms with van der Waals surface area (Å²) in [5, 5.41) is 12.3. The van der Waals surface area contributed by atoms with Gasteiger partial charge in [-0.1, -0.05) is 23.7 Å². The van der Waals surface area contributed by atoms with Crippen LogP contribution in [0.25, 0.3) is 22.0 Å². The molecule has 164 valence electrons. The fraction of sp³-hybridized carbons (Fsp3) is 0.250. The van der Waals surface area contributed by atoms with E-state index in [9.17, 15) is 4.79 Å². The van der Waals surface area contributed by atoms with E-state index in [1.807, 2.05) is 42.6 Å². The number of nitrogens with two attached hydrogens (primary N) is 1. The Bertz CT molecular complexity index is 1320. The first kappa shape index (κ1) is 20.6. The largest absolute Gasteiger partial charge is 0.384 e. The van der Waals surface area contributed by atoms with Gasteiger partial charge in [-0.2, -0.15) is 5.10 Å². The second-order valence-electron chi connectivity index (χ2n) is 8.18. The van der Waals surface area contributed by atoms with Gasteiger partial charge < -0.3 is 20.4 Å². The number of anilines is 2. The molecule has 5 rings (SSSR count). The van der Waals surface area contributed by atoms with E-state index in [4.69, 9.17) is 22.1 Å². The molecular formula is C24H24ClN5O2. The van der Waals surface area contributed by atoms with Crippen molar-refractivity contribution in [3.8, 4) is 11.1 Å². The molecule has 0 saturated carbocycles. The van der Waals surface area contributed by atoms with Crippen LogP contribution in [-0.4, -0.2) is 34.5 Å². The van der Waals surface area contributed by atoms with Crippen molar-refractivity contribution in [2.45, 2.75) is 13.0 Å². The number of aromatic amines is 1. The lowest BCUT2D eigenvalue weighted by atomic mass is 10.0. The monoisotopic (exact) mass is 449 g/mol. The van der Waals surface area contributed by atoms with E-state index in [-0.39, 0.29) is 5.56 Å². The number of ether oxygens (including phenoxy) is 1. The molecule has 0 amide bonds. The van der Waals surface area contributed by atoms with E-state index in [1.165, 1.54) is 0 Å². The lowest BCUT2D eigenvalue weighted by Crippen LogP contribution is -2.19. The summed E-state index contributed by atoms with van der Waals surface area (Å²) in [7, 11) is 0. The van der Waals surface area contributed by atoms with Gasteiger partial charge in [0.2, 0.25) is 0 Å². The van der Waals surface area contributed by atoms with E-state index >= 15 is 0 Å². The lowest BCUT2D eigenvalue weighted by molar-refractivity contribution is 0.187. The first-order valence-corrected chi connectivity index (χ1v) is 11.0. The van der Waals surface area contributed by atoms with Crippen LogP contribution in [0.5, 0.6) is 0 Å². The van der Waals surface area contributed by atoms with Crippen molar-refractivity contribution >= 4 is 34.0 Å². The molecule has 8 heteroatoms. The summed E-state index contributed by atoms with van der Waals surface area (Å²) in [5.41, 5.74) is 10.7. The Hall–Kier alpha value is -3.29. The summed E-state index contributed by atoms with van der Waals surface area (Å²) in [6.45, 7) is 2.83.